The van der Waals surface area contributed by atoms with Crippen LogP contribution in [0.4, 0.5) is 5.82 Å². The van der Waals surface area contributed by atoms with Gasteiger partial charge in [-0.3, -0.25) is 0 Å². The Morgan fingerprint density at radius 3 is 2.81 bits per heavy atom. The van der Waals surface area contributed by atoms with Crippen molar-refractivity contribution in [3.05, 3.63) is 18.3 Å². The normalized spacial score (nSPS) is 10.1. The van der Waals surface area contributed by atoms with E-state index in [2.05, 4.69) is 10.3 Å². The van der Waals surface area contributed by atoms with E-state index in [1.54, 1.807) is 13.3 Å². The van der Waals surface area contributed by atoms with E-state index < -0.39 is 0 Å². The van der Waals surface area contributed by atoms with Gasteiger partial charge in [-0.2, -0.15) is 0 Å². The molecule has 0 saturated carbocycles. The Balaban J connectivity index is 2.16. The molecule has 5 nitrogen and oxygen atoms in total. The number of nitrogens with zero attached hydrogens (tertiary/aromatic N) is 1. The van der Waals surface area contributed by atoms with Gasteiger partial charge in [0.2, 0.25) is 0 Å². The molecule has 0 fully saturated rings. The minimum absolute atomic E-state index is 0.525. The Kier molecular flexibility index (Phi) is 6.29. The summed E-state index contributed by atoms with van der Waals surface area (Å²) in [6, 6.07) is 3.66. The van der Waals surface area contributed by atoms with Crippen LogP contribution in [0.15, 0.2) is 18.3 Å². The monoisotopic (exact) mass is 226 g/mol. The van der Waals surface area contributed by atoms with E-state index in [1.807, 2.05) is 19.2 Å². The number of rotatable bonds is 8. The van der Waals surface area contributed by atoms with Gasteiger partial charge in [0, 0.05) is 26.4 Å². The topological polar surface area (TPSA) is 52.6 Å². The van der Waals surface area contributed by atoms with Crippen LogP contribution in [0, 0.1) is 0 Å². The highest BCUT2D eigenvalue weighted by atomic mass is 16.5. The van der Waals surface area contributed by atoms with Crippen LogP contribution in [-0.2, 0) is 9.47 Å². The van der Waals surface area contributed by atoms with Gasteiger partial charge in [0.15, 0.2) is 0 Å². The predicted molar refractivity (Wildman–Crippen MR) is 62.0 cm³/mol. The summed E-state index contributed by atoms with van der Waals surface area (Å²) in [5.74, 6) is 1.58. The van der Waals surface area contributed by atoms with Gasteiger partial charge in [0.1, 0.15) is 18.2 Å². The van der Waals surface area contributed by atoms with Crippen LogP contribution >= 0.6 is 0 Å². The summed E-state index contributed by atoms with van der Waals surface area (Å²) < 4.78 is 15.6. The SMILES string of the molecule is CNc1cc(OCCOCCOC)ccn1. The number of ether oxygens (including phenoxy) is 3. The lowest BCUT2D eigenvalue weighted by molar-refractivity contribution is 0.0544. The van der Waals surface area contributed by atoms with Crippen molar-refractivity contribution in [1.29, 1.82) is 0 Å². The molecule has 1 heterocycles. The van der Waals surface area contributed by atoms with Gasteiger partial charge < -0.3 is 19.5 Å². The van der Waals surface area contributed by atoms with Crippen LogP contribution in [0.5, 0.6) is 5.75 Å². The van der Waals surface area contributed by atoms with E-state index in [0.717, 1.165) is 11.6 Å². The maximum absolute atomic E-state index is 5.48. The molecule has 1 rings (SSSR count). The molecule has 90 valence electrons. The third kappa shape index (κ3) is 4.95. The number of nitrogens with one attached hydrogen (secondary N) is 1. The van der Waals surface area contributed by atoms with Gasteiger partial charge in [0.25, 0.3) is 0 Å². The summed E-state index contributed by atoms with van der Waals surface area (Å²) in [4.78, 5) is 4.09. The molecular weight excluding hydrogens is 208 g/mol. The first-order valence-electron chi connectivity index (χ1n) is 5.20. The Bertz CT molecular complexity index is 294. The zero-order chi connectivity index (χ0) is 11.6. The lowest BCUT2D eigenvalue weighted by Crippen LogP contribution is -2.10. The molecule has 0 aliphatic rings. The maximum Gasteiger partial charge on any atom is 0.129 e. The van der Waals surface area contributed by atoms with E-state index in [-0.39, 0.29) is 0 Å². The molecule has 1 aromatic heterocycles. The first kappa shape index (κ1) is 12.7. The van der Waals surface area contributed by atoms with Crippen LogP contribution in [0.1, 0.15) is 0 Å². The Hall–Kier alpha value is -1.33. The molecule has 0 spiro atoms. The largest absolute Gasteiger partial charge is 0.491 e. The molecule has 0 saturated heterocycles. The van der Waals surface area contributed by atoms with Crippen molar-refractivity contribution in [2.75, 3.05) is 45.9 Å². The molecule has 0 aliphatic heterocycles. The van der Waals surface area contributed by atoms with Gasteiger partial charge in [-0.05, 0) is 6.07 Å². The Morgan fingerprint density at radius 2 is 2.06 bits per heavy atom. The second-order valence-corrected chi connectivity index (χ2v) is 3.08. The minimum atomic E-state index is 0.525. The second kappa shape index (κ2) is 7.90. The van der Waals surface area contributed by atoms with E-state index in [1.165, 1.54) is 0 Å². The zero-order valence-electron chi connectivity index (χ0n) is 9.73. The van der Waals surface area contributed by atoms with Crippen LogP contribution < -0.4 is 10.1 Å². The van der Waals surface area contributed by atoms with Gasteiger partial charge in [-0.15, -0.1) is 0 Å². The van der Waals surface area contributed by atoms with Crippen molar-refractivity contribution < 1.29 is 14.2 Å². The van der Waals surface area contributed by atoms with Crippen molar-refractivity contribution in [3.63, 3.8) is 0 Å². The zero-order valence-corrected chi connectivity index (χ0v) is 9.73. The highest BCUT2D eigenvalue weighted by Crippen LogP contribution is 2.13. The number of methoxy groups -OCH3 is 1. The minimum Gasteiger partial charge on any atom is -0.491 e. The van der Waals surface area contributed by atoms with Crippen molar-refractivity contribution in [2.45, 2.75) is 0 Å². The molecular formula is C11H18N2O3. The maximum atomic E-state index is 5.48. The number of anilines is 1. The summed E-state index contributed by atoms with van der Waals surface area (Å²) in [5.41, 5.74) is 0. The molecule has 0 atom stereocenters. The fraction of sp³-hybridized carbons (Fsp3) is 0.545. The van der Waals surface area contributed by atoms with Crippen LogP contribution in [0.25, 0.3) is 0 Å². The quantitative estimate of drug-likeness (QED) is 0.674. The van der Waals surface area contributed by atoms with E-state index >= 15 is 0 Å². The standard InChI is InChI=1S/C11H18N2O3/c1-12-11-9-10(3-4-13-11)16-8-7-15-6-5-14-2/h3-4,9H,5-8H2,1-2H3,(H,12,13). The summed E-state index contributed by atoms with van der Waals surface area (Å²) in [5, 5.41) is 2.95. The fourth-order valence-electron chi connectivity index (χ4n) is 1.10. The van der Waals surface area contributed by atoms with E-state index in [9.17, 15) is 0 Å². The van der Waals surface area contributed by atoms with Crippen LogP contribution in [0.3, 0.4) is 0 Å². The van der Waals surface area contributed by atoms with E-state index in [0.29, 0.717) is 26.4 Å². The van der Waals surface area contributed by atoms with Crippen LogP contribution in [0.2, 0.25) is 0 Å². The average molecular weight is 226 g/mol. The Morgan fingerprint density at radius 1 is 1.25 bits per heavy atom. The average Bonchev–Trinajstić information content (AvgIpc) is 2.34. The molecule has 16 heavy (non-hydrogen) atoms. The first-order chi connectivity index (χ1) is 7.86. The lowest BCUT2D eigenvalue weighted by atomic mass is 10.4. The summed E-state index contributed by atoms with van der Waals surface area (Å²) in [6.45, 7) is 2.29. The molecule has 0 amide bonds. The molecule has 0 bridgehead atoms. The van der Waals surface area contributed by atoms with Crippen molar-refractivity contribution in [3.8, 4) is 5.75 Å². The summed E-state index contributed by atoms with van der Waals surface area (Å²) in [6.07, 6.45) is 1.70. The molecule has 5 heteroatoms. The molecule has 1 N–H and O–H groups in total. The van der Waals surface area contributed by atoms with Gasteiger partial charge in [-0.1, -0.05) is 0 Å². The number of aromatic nitrogens is 1. The lowest BCUT2D eigenvalue weighted by Gasteiger charge is -2.07. The van der Waals surface area contributed by atoms with Gasteiger partial charge >= 0.3 is 0 Å². The highest BCUT2D eigenvalue weighted by Gasteiger charge is 1.96. The number of hydrogen-bond acceptors (Lipinski definition) is 5. The first-order valence-corrected chi connectivity index (χ1v) is 5.20. The van der Waals surface area contributed by atoms with Gasteiger partial charge in [0.05, 0.1) is 19.8 Å². The number of pyridine rings is 1. The summed E-state index contributed by atoms with van der Waals surface area (Å²) >= 11 is 0. The van der Waals surface area contributed by atoms with Gasteiger partial charge in [-0.25, -0.2) is 4.98 Å². The fourth-order valence-corrected chi connectivity index (χ4v) is 1.10. The smallest absolute Gasteiger partial charge is 0.129 e. The van der Waals surface area contributed by atoms with Crippen molar-refractivity contribution >= 4 is 5.82 Å². The third-order valence-corrected chi connectivity index (χ3v) is 1.92. The molecule has 0 aliphatic carbocycles. The second-order valence-electron chi connectivity index (χ2n) is 3.08. The molecule has 1 aromatic rings. The Labute approximate surface area is 95.7 Å². The van der Waals surface area contributed by atoms with Crippen LogP contribution in [-0.4, -0.2) is 45.6 Å². The predicted octanol–water partition coefficient (Wildman–Crippen LogP) is 1.17. The third-order valence-electron chi connectivity index (χ3n) is 1.92. The van der Waals surface area contributed by atoms with Crippen molar-refractivity contribution in [1.82, 2.24) is 4.98 Å². The number of hydrogen-bond donors (Lipinski definition) is 1. The van der Waals surface area contributed by atoms with Crippen molar-refractivity contribution in [2.24, 2.45) is 0 Å². The van der Waals surface area contributed by atoms with E-state index in [4.69, 9.17) is 14.2 Å². The molecule has 0 unspecified atom stereocenters. The molecule has 0 radical (unpaired) electrons. The summed E-state index contributed by atoms with van der Waals surface area (Å²) in [7, 11) is 3.47. The molecule has 0 aromatic carbocycles. The highest BCUT2D eigenvalue weighted by molar-refractivity contribution is 5.39.